The highest BCUT2D eigenvalue weighted by Gasteiger charge is 2.46. The van der Waals surface area contributed by atoms with E-state index in [-0.39, 0.29) is 11.1 Å². The first-order valence-corrected chi connectivity index (χ1v) is 13.2. The fraction of sp³-hybridized carbons (Fsp3) is 0.444. The largest absolute Gasteiger partial charge is 0.508 e. The molecular weight excluding hydrogens is 596 g/mol. The van der Waals surface area contributed by atoms with E-state index in [1.807, 2.05) is 0 Å². The SMILES string of the molecule is O=c1c(O[C@H]2O[C@H](CO)[C@@H](O)[C@H](O)[C@H]2O)c(-c2ccc(O)c(O)c2)oc2cc(O)cc(O[C@@H]3O[C@H](CO)[C@H](O)[C@@H](O)[C@H]3O)c12. The Hall–Kier alpha value is -3.75. The van der Waals surface area contributed by atoms with Crippen molar-refractivity contribution >= 4 is 11.0 Å². The molecule has 0 saturated carbocycles. The molecule has 240 valence electrons. The van der Waals surface area contributed by atoms with E-state index in [2.05, 4.69) is 0 Å². The summed E-state index contributed by atoms with van der Waals surface area (Å²) < 4.78 is 27.8. The zero-order valence-electron chi connectivity index (χ0n) is 22.4. The Morgan fingerprint density at radius 3 is 1.80 bits per heavy atom. The lowest BCUT2D eigenvalue weighted by Gasteiger charge is -2.39. The summed E-state index contributed by atoms with van der Waals surface area (Å²) in [4.78, 5) is 14.1. The molecular formula is C27H30O17. The molecule has 11 N–H and O–H groups in total. The van der Waals surface area contributed by atoms with E-state index in [4.69, 9.17) is 23.4 Å². The third-order valence-electron chi connectivity index (χ3n) is 7.31. The highest BCUT2D eigenvalue weighted by molar-refractivity contribution is 5.88. The second kappa shape index (κ2) is 12.3. The number of aliphatic hydroxyl groups excluding tert-OH is 8. The number of aromatic hydroxyl groups is 3. The topological polar surface area (TPSA) is 290 Å². The summed E-state index contributed by atoms with van der Waals surface area (Å²) in [7, 11) is 0. The average molecular weight is 627 g/mol. The second-order valence-corrected chi connectivity index (χ2v) is 10.2. The third-order valence-corrected chi connectivity index (χ3v) is 7.31. The van der Waals surface area contributed by atoms with Crippen LogP contribution in [-0.4, -0.2) is 131 Å². The van der Waals surface area contributed by atoms with Crippen molar-refractivity contribution in [3.05, 3.63) is 40.6 Å². The monoisotopic (exact) mass is 626 g/mol. The summed E-state index contributed by atoms with van der Waals surface area (Å²) in [5.74, 6) is -3.37. The Morgan fingerprint density at radius 1 is 0.682 bits per heavy atom. The van der Waals surface area contributed by atoms with Crippen molar-refractivity contribution in [2.24, 2.45) is 0 Å². The number of fused-ring (bicyclic) bond motifs is 1. The molecule has 0 spiro atoms. The summed E-state index contributed by atoms with van der Waals surface area (Å²) in [5, 5.41) is 110. The summed E-state index contributed by atoms with van der Waals surface area (Å²) in [6.45, 7) is -1.60. The predicted molar refractivity (Wildman–Crippen MR) is 142 cm³/mol. The van der Waals surface area contributed by atoms with Crippen LogP contribution in [0.4, 0.5) is 0 Å². The molecule has 0 bridgehead atoms. The summed E-state index contributed by atoms with van der Waals surface area (Å²) in [6.07, 6.45) is -17.5. The number of phenols is 3. The number of hydrogen-bond acceptors (Lipinski definition) is 17. The summed E-state index contributed by atoms with van der Waals surface area (Å²) in [6, 6.07) is 5.19. The molecule has 2 fully saturated rings. The van der Waals surface area contributed by atoms with E-state index in [0.29, 0.717) is 0 Å². The summed E-state index contributed by atoms with van der Waals surface area (Å²) >= 11 is 0. The van der Waals surface area contributed by atoms with Gasteiger partial charge in [-0.2, -0.15) is 0 Å². The number of rotatable bonds is 7. The molecule has 5 rings (SSSR count). The van der Waals surface area contributed by atoms with Gasteiger partial charge in [-0.05, 0) is 18.2 Å². The zero-order valence-corrected chi connectivity index (χ0v) is 22.4. The van der Waals surface area contributed by atoms with Gasteiger partial charge in [0.2, 0.25) is 23.8 Å². The molecule has 0 radical (unpaired) electrons. The van der Waals surface area contributed by atoms with Crippen molar-refractivity contribution in [2.45, 2.75) is 61.4 Å². The van der Waals surface area contributed by atoms with Crippen LogP contribution in [0, 0.1) is 0 Å². The Bertz CT molecular complexity index is 1550. The van der Waals surface area contributed by atoms with Crippen molar-refractivity contribution < 1.29 is 79.5 Å². The lowest BCUT2D eigenvalue weighted by atomic mass is 9.99. The lowest BCUT2D eigenvalue weighted by molar-refractivity contribution is -0.277. The Balaban J connectivity index is 1.66. The Labute approximate surface area is 246 Å². The van der Waals surface area contributed by atoms with Gasteiger partial charge in [0.1, 0.15) is 71.3 Å². The molecule has 2 aromatic carbocycles. The minimum absolute atomic E-state index is 0.0707. The lowest BCUT2D eigenvalue weighted by Crippen LogP contribution is -2.60. The molecule has 3 aromatic rings. The van der Waals surface area contributed by atoms with Crippen LogP contribution in [0.25, 0.3) is 22.3 Å². The maximum atomic E-state index is 14.1. The van der Waals surface area contributed by atoms with Crippen LogP contribution in [0.5, 0.6) is 28.7 Å². The van der Waals surface area contributed by atoms with Gasteiger partial charge in [-0.25, -0.2) is 0 Å². The minimum atomic E-state index is -1.96. The number of ether oxygens (including phenoxy) is 4. The molecule has 2 aliphatic rings. The van der Waals surface area contributed by atoms with Gasteiger partial charge in [0.05, 0.1) is 13.2 Å². The van der Waals surface area contributed by atoms with Crippen molar-refractivity contribution in [2.75, 3.05) is 13.2 Å². The normalized spacial score (nSPS) is 32.5. The maximum absolute atomic E-state index is 14.1. The molecule has 0 aliphatic carbocycles. The number of aliphatic hydroxyl groups is 8. The highest BCUT2D eigenvalue weighted by Crippen LogP contribution is 2.40. The third kappa shape index (κ3) is 5.61. The molecule has 1 aromatic heterocycles. The molecule has 0 unspecified atom stereocenters. The highest BCUT2D eigenvalue weighted by atomic mass is 16.7. The van der Waals surface area contributed by atoms with Crippen LogP contribution in [0.1, 0.15) is 0 Å². The van der Waals surface area contributed by atoms with Crippen molar-refractivity contribution in [3.8, 4) is 40.1 Å². The van der Waals surface area contributed by atoms with Crippen molar-refractivity contribution in [3.63, 3.8) is 0 Å². The molecule has 0 amide bonds. The fourth-order valence-electron chi connectivity index (χ4n) is 4.88. The van der Waals surface area contributed by atoms with Crippen LogP contribution >= 0.6 is 0 Å². The Kier molecular flexibility index (Phi) is 8.87. The molecule has 17 nitrogen and oxygen atoms in total. The fourth-order valence-corrected chi connectivity index (χ4v) is 4.88. The second-order valence-electron chi connectivity index (χ2n) is 10.2. The van der Waals surface area contributed by atoms with E-state index >= 15 is 0 Å². The number of hydrogen-bond donors (Lipinski definition) is 11. The van der Waals surface area contributed by atoms with Crippen LogP contribution in [0.15, 0.2) is 39.5 Å². The molecule has 2 saturated heterocycles. The van der Waals surface area contributed by atoms with Crippen LogP contribution in [0.2, 0.25) is 0 Å². The van der Waals surface area contributed by atoms with E-state index in [9.17, 15) is 61.0 Å². The first-order valence-electron chi connectivity index (χ1n) is 13.2. The number of benzene rings is 2. The van der Waals surface area contributed by atoms with Crippen LogP contribution in [-0.2, 0) is 9.47 Å². The quantitative estimate of drug-likeness (QED) is 0.116. The van der Waals surface area contributed by atoms with Gasteiger partial charge in [0.25, 0.3) is 0 Å². The minimum Gasteiger partial charge on any atom is -0.508 e. The van der Waals surface area contributed by atoms with Gasteiger partial charge < -0.3 is 79.5 Å². The standard InChI is InChI=1S/C27H30O17/c28-6-14-17(33)20(36)22(38)26(42-14)41-13-5-9(30)4-12-16(13)19(35)25(24(40-12)8-1-2-10(31)11(32)3-8)44-27-23(39)21(37)18(34)15(7-29)43-27/h1-5,14-15,17-18,20-23,26-34,36-39H,6-7H2/t14-,15-,17+,18-,20-,21+,22-,23-,26-,27-/m1/s1. The molecule has 10 atom stereocenters. The van der Waals surface area contributed by atoms with Gasteiger partial charge in [-0.1, -0.05) is 0 Å². The van der Waals surface area contributed by atoms with E-state index in [1.165, 1.54) is 6.07 Å². The van der Waals surface area contributed by atoms with Gasteiger partial charge in [-0.3, -0.25) is 4.79 Å². The molecule has 17 heteroatoms. The van der Waals surface area contributed by atoms with Crippen molar-refractivity contribution in [1.29, 1.82) is 0 Å². The smallest absolute Gasteiger partial charge is 0.239 e. The van der Waals surface area contributed by atoms with E-state index < -0.39 is 120 Å². The zero-order chi connectivity index (χ0) is 32.0. The molecule has 3 heterocycles. The first-order chi connectivity index (χ1) is 20.9. The van der Waals surface area contributed by atoms with Gasteiger partial charge >= 0.3 is 0 Å². The molecule has 44 heavy (non-hydrogen) atoms. The van der Waals surface area contributed by atoms with Gasteiger partial charge in [0, 0.05) is 17.7 Å². The van der Waals surface area contributed by atoms with Gasteiger partial charge in [-0.15, -0.1) is 0 Å². The van der Waals surface area contributed by atoms with Crippen LogP contribution in [0.3, 0.4) is 0 Å². The number of phenolic OH excluding ortho intramolecular Hbond substituents is 3. The van der Waals surface area contributed by atoms with Gasteiger partial charge in [0.15, 0.2) is 17.3 Å². The first kappa shape index (κ1) is 31.7. The van der Waals surface area contributed by atoms with Crippen molar-refractivity contribution in [1.82, 2.24) is 0 Å². The van der Waals surface area contributed by atoms with Crippen LogP contribution < -0.4 is 14.9 Å². The summed E-state index contributed by atoms with van der Waals surface area (Å²) in [5.41, 5.74) is -1.51. The average Bonchev–Trinajstić information content (AvgIpc) is 2.99. The Morgan fingerprint density at radius 2 is 1.25 bits per heavy atom. The predicted octanol–water partition coefficient (Wildman–Crippen LogP) is -3.07. The van der Waals surface area contributed by atoms with E-state index in [1.54, 1.807) is 0 Å². The maximum Gasteiger partial charge on any atom is 0.239 e. The molecule has 2 aliphatic heterocycles. The van der Waals surface area contributed by atoms with E-state index in [0.717, 1.165) is 24.3 Å².